The van der Waals surface area contributed by atoms with Crippen LogP contribution in [0.3, 0.4) is 0 Å². The van der Waals surface area contributed by atoms with Crippen molar-refractivity contribution in [2.75, 3.05) is 26.5 Å². The molecule has 5 nitrogen and oxygen atoms in total. The molecule has 0 heterocycles. The first-order chi connectivity index (χ1) is 9.43. The average Bonchev–Trinajstić information content (AvgIpc) is 2.44. The van der Waals surface area contributed by atoms with E-state index in [1.54, 1.807) is 21.1 Å². The topological polar surface area (TPSA) is 66.8 Å². The highest BCUT2D eigenvalue weighted by Gasteiger charge is 2.17. The Morgan fingerprint density at radius 3 is 2.45 bits per heavy atom. The van der Waals surface area contributed by atoms with Crippen molar-refractivity contribution in [3.8, 4) is 5.75 Å². The number of carboxylic acids is 1. The van der Waals surface area contributed by atoms with Gasteiger partial charge in [0.25, 0.3) is 0 Å². The van der Waals surface area contributed by atoms with Gasteiger partial charge >= 0.3 is 5.97 Å². The maximum Gasteiger partial charge on any atom is 0.308 e. The predicted octanol–water partition coefficient (Wildman–Crippen LogP) is 1.97. The zero-order valence-corrected chi connectivity index (χ0v) is 12.6. The number of ether oxygens (including phenoxy) is 1. The van der Waals surface area contributed by atoms with E-state index >= 15 is 0 Å². The number of hydrogen-bond acceptors (Lipinski definition) is 4. The molecule has 20 heavy (non-hydrogen) atoms. The second kappa shape index (κ2) is 7.79. The molecule has 1 unspecified atom stereocenters. The summed E-state index contributed by atoms with van der Waals surface area (Å²) in [5.41, 5.74) is 0. The first-order valence-electron chi connectivity index (χ1n) is 6.17. The van der Waals surface area contributed by atoms with E-state index in [2.05, 4.69) is 0 Å². The minimum Gasteiger partial charge on any atom is -0.497 e. The van der Waals surface area contributed by atoms with Gasteiger partial charge in [0, 0.05) is 18.5 Å². The van der Waals surface area contributed by atoms with Crippen molar-refractivity contribution in [2.24, 2.45) is 5.92 Å². The minimum atomic E-state index is -0.896. The molecule has 1 aromatic rings. The normalized spacial score (nSPS) is 11.8. The molecule has 0 aliphatic rings. The lowest BCUT2D eigenvalue weighted by molar-refractivity contribution is -0.142. The highest BCUT2D eigenvalue weighted by atomic mass is 32.2. The smallest absolute Gasteiger partial charge is 0.308 e. The summed E-state index contributed by atoms with van der Waals surface area (Å²) in [5.74, 6) is -0.482. The lowest BCUT2D eigenvalue weighted by atomic mass is 10.2. The zero-order valence-electron chi connectivity index (χ0n) is 11.8. The molecule has 0 bridgehead atoms. The standard InChI is InChI=1S/C14H19NO4S/c1-10(14(17)18)8-15(2)13(16)9-20-12-6-4-11(19-3)5-7-12/h4-7,10H,8-9H2,1-3H3,(H,17,18). The zero-order chi connectivity index (χ0) is 15.1. The van der Waals surface area contributed by atoms with Crippen LogP contribution in [0.15, 0.2) is 29.2 Å². The van der Waals surface area contributed by atoms with E-state index in [0.717, 1.165) is 10.6 Å². The number of amides is 1. The van der Waals surface area contributed by atoms with Crippen molar-refractivity contribution >= 4 is 23.6 Å². The Hall–Kier alpha value is -1.69. The molecule has 0 saturated carbocycles. The molecular formula is C14H19NO4S. The minimum absolute atomic E-state index is 0.0843. The van der Waals surface area contributed by atoms with Gasteiger partial charge in [-0.2, -0.15) is 0 Å². The van der Waals surface area contributed by atoms with E-state index in [1.807, 2.05) is 24.3 Å². The molecule has 0 spiro atoms. The first-order valence-corrected chi connectivity index (χ1v) is 7.16. The molecule has 1 N–H and O–H groups in total. The molecule has 0 aromatic heterocycles. The fraction of sp³-hybridized carbons (Fsp3) is 0.429. The van der Waals surface area contributed by atoms with Crippen molar-refractivity contribution in [1.29, 1.82) is 0 Å². The van der Waals surface area contributed by atoms with Gasteiger partial charge in [-0.15, -0.1) is 11.8 Å². The number of methoxy groups -OCH3 is 1. The molecular weight excluding hydrogens is 278 g/mol. The lowest BCUT2D eigenvalue weighted by Crippen LogP contribution is -2.34. The molecule has 1 amide bonds. The molecule has 1 aromatic carbocycles. The Morgan fingerprint density at radius 2 is 1.95 bits per heavy atom. The third kappa shape index (κ3) is 5.13. The molecule has 6 heteroatoms. The monoisotopic (exact) mass is 297 g/mol. The maximum absolute atomic E-state index is 11.9. The Kier molecular flexibility index (Phi) is 6.38. The van der Waals surface area contributed by atoms with E-state index in [-0.39, 0.29) is 18.2 Å². The Morgan fingerprint density at radius 1 is 1.35 bits per heavy atom. The van der Waals surface area contributed by atoms with Crippen LogP contribution >= 0.6 is 11.8 Å². The van der Waals surface area contributed by atoms with Crippen LogP contribution in [0.25, 0.3) is 0 Å². The predicted molar refractivity (Wildman–Crippen MR) is 78.2 cm³/mol. The van der Waals surface area contributed by atoms with E-state index < -0.39 is 11.9 Å². The number of hydrogen-bond donors (Lipinski definition) is 1. The van der Waals surface area contributed by atoms with Gasteiger partial charge in [-0.25, -0.2) is 0 Å². The summed E-state index contributed by atoms with van der Waals surface area (Å²) in [5, 5.41) is 8.81. The average molecular weight is 297 g/mol. The quantitative estimate of drug-likeness (QED) is 0.779. The van der Waals surface area contributed by atoms with E-state index in [0.29, 0.717) is 0 Å². The number of nitrogens with zero attached hydrogens (tertiary/aromatic N) is 1. The van der Waals surface area contributed by atoms with Crippen LogP contribution in [0.2, 0.25) is 0 Å². The maximum atomic E-state index is 11.9. The van der Waals surface area contributed by atoms with Crippen LogP contribution in [0, 0.1) is 5.92 Å². The van der Waals surface area contributed by atoms with Crippen molar-refractivity contribution in [1.82, 2.24) is 4.90 Å². The number of carbonyl (C=O) groups is 2. The summed E-state index contributed by atoms with van der Waals surface area (Å²) >= 11 is 1.42. The number of carboxylic acid groups (broad SMARTS) is 1. The summed E-state index contributed by atoms with van der Waals surface area (Å²) in [6, 6.07) is 7.44. The summed E-state index contributed by atoms with van der Waals surface area (Å²) < 4.78 is 5.06. The Labute approximate surface area is 122 Å². The van der Waals surface area contributed by atoms with Gasteiger partial charge in [0.05, 0.1) is 18.8 Å². The van der Waals surface area contributed by atoms with Gasteiger partial charge in [0.15, 0.2) is 0 Å². The van der Waals surface area contributed by atoms with Crippen LogP contribution < -0.4 is 4.74 Å². The van der Waals surface area contributed by atoms with Crippen LogP contribution in [0.5, 0.6) is 5.75 Å². The number of rotatable bonds is 7. The van der Waals surface area contributed by atoms with Gasteiger partial charge in [0.2, 0.25) is 5.91 Å². The van der Waals surface area contributed by atoms with Crippen LogP contribution in [-0.4, -0.2) is 48.3 Å². The van der Waals surface area contributed by atoms with Crippen LogP contribution in [-0.2, 0) is 9.59 Å². The second-order valence-electron chi connectivity index (χ2n) is 4.48. The number of thioether (sulfide) groups is 1. The lowest BCUT2D eigenvalue weighted by Gasteiger charge is -2.19. The van der Waals surface area contributed by atoms with Crippen LogP contribution in [0.1, 0.15) is 6.92 Å². The van der Waals surface area contributed by atoms with Gasteiger partial charge in [-0.1, -0.05) is 6.92 Å². The first kappa shape index (κ1) is 16.4. The Balaban J connectivity index is 2.43. The van der Waals surface area contributed by atoms with E-state index in [1.165, 1.54) is 16.7 Å². The molecule has 0 aliphatic heterocycles. The van der Waals surface area contributed by atoms with Crippen molar-refractivity contribution in [3.63, 3.8) is 0 Å². The summed E-state index contributed by atoms with van der Waals surface area (Å²) in [6.07, 6.45) is 0. The fourth-order valence-corrected chi connectivity index (χ4v) is 2.36. The molecule has 0 radical (unpaired) electrons. The van der Waals surface area contributed by atoms with Crippen molar-refractivity contribution in [2.45, 2.75) is 11.8 Å². The molecule has 1 atom stereocenters. The Bertz CT molecular complexity index is 461. The van der Waals surface area contributed by atoms with Crippen molar-refractivity contribution < 1.29 is 19.4 Å². The third-order valence-electron chi connectivity index (χ3n) is 2.82. The van der Waals surface area contributed by atoms with Gasteiger partial charge in [-0.3, -0.25) is 9.59 Å². The van der Waals surface area contributed by atoms with Gasteiger partial charge < -0.3 is 14.7 Å². The molecule has 0 saturated heterocycles. The third-order valence-corrected chi connectivity index (χ3v) is 3.81. The van der Waals surface area contributed by atoms with Gasteiger partial charge in [-0.05, 0) is 24.3 Å². The number of carbonyl (C=O) groups excluding carboxylic acids is 1. The van der Waals surface area contributed by atoms with E-state index in [4.69, 9.17) is 9.84 Å². The molecule has 110 valence electrons. The fourth-order valence-electron chi connectivity index (χ4n) is 1.52. The summed E-state index contributed by atoms with van der Waals surface area (Å²) in [6.45, 7) is 1.81. The van der Waals surface area contributed by atoms with Gasteiger partial charge in [0.1, 0.15) is 5.75 Å². The molecule has 0 aliphatic carbocycles. The molecule has 1 rings (SSSR count). The van der Waals surface area contributed by atoms with Crippen LogP contribution in [0.4, 0.5) is 0 Å². The SMILES string of the molecule is COc1ccc(SCC(=O)N(C)CC(C)C(=O)O)cc1. The highest BCUT2D eigenvalue weighted by molar-refractivity contribution is 8.00. The molecule has 0 fully saturated rings. The van der Waals surface area contributed by atoms with Crippen molar-refractivity contribution in [3.05, 3.63) is 24.3 Å². The highest BCUT2D eigenvalue weighted by Crippen LogP contribution is 2.21. The largest absolute Gasteiger partial charge is 0.497 e. The van der Waals surface area contributed by atoms with E-state index in [9.17, 15) is 9.59 Å². The number of aliphatic carboxylic acids is 1. The number of benzene rings is 1. The summed E-state index contributed by atoms with van der Waals surface area (Å²) in [4.78, 5) is 25.1. The second-order valence-corrected chi connectivity index (χ2v) is 5.53. The summed E-state index contributed by atoms with van der Waals surface area (Å²) in [7, 11) is 3.22.